The number of hydrogen-bond acceptors (Lipinski definition) is 3. The molecular formula is C9H20N2O2S2. The van der Waals surface area contributed by atoms with Crippen LogP contribution in [0.2, 0.25) is 0 Å². The Morgan fingerprint density at radius 3 is 2.13 bits per heavy atom. The lowest BCUT2D eigenvalue weighted by molar-refractivity contribution is 0.420. The van der Waals surface area contributed by atoms with Crippen molar-refractivity contribution < 1.29 is 8.42 Å². The van der Waals surface area contributed by atoms with Crippen molar-refractivity contribution in [1.29, 1.82) is 0 Å². The van der Waals surface area contributed by atoms with Gasteiger partial charge in [-0.3, -0.25) is 0 Å². The molecule has 0 radical (unpaired) electrons. The molecule has 0 saturated heterocycles. The van der Waals surface area contributed by atoms with Crippen molar-refractivity contribution in [2.45, 2.75) is 27.7 Å². The fourth-order valence-electron chi connectivity index (χ4n) is 1.22. The highest BCUT2D eigenvalue weighted by molar-refractivity contribution is 7.89. The van der Waals surface area contributed by atoms with E-state index in [9.17, 15) is 8.42 Å². The van der Waals surface area contributed by atoms with Gasteiger partial charge in [-0.25, -0.2) is 8.42 Å². The van der Waals surface area contributed by atoms with Crippen molar-refractivity contribution in [3.63, 3.8) is 0 Å². The van der Waals surface area contributed by atoms with Crippen molar-refractivity contribution >= 4 is 27.2 Å². The van der Waals surface area contributed by atoms with Gasteiger partial charge in [0.05, 0.1) is 17.3 Å². The molecule has 4 nitrogen and oxygen atoms in total. The first kappa shape index (κ1) is 14.8. The number of nitrogens with two attached hydrogens (primary N) is 1. The van der Waals surface area contributed by atoms with Gasteiger partial charge in [0.15, 0.2) is 0 Å². The number of nitrogens with zero attached hydrogens (tertiary/aromatic N) is 1. The highest BCUT2D eigenvalue weighted by atomic mass is 32.2. The Labute approximate surface area is 97.9 Å². The minimum Gasteiger partial charge on any atom is -0.392 e. The lowest BCUT2D eigenvalue weighted by atomic mass is 10.0. The van der Waals surface area contributed by atoms with Gasteiger partial charge in [-0.05, 0) is 5.41 Å². The van der Waals surface area contributed by atoms with Crippen molar-refractivity contribution in [3.05, 3.63) is 0 Å². The monoisotopic (exact) mass is 252 g/mol. The zero-order valence-corrected chi connectivity index (χ0v) is 11.4. The summed E-state index contributed by atoms with van der Waals surface area (Å²) in [6.45, 7) is 7.97. The van der Waals surface area contributed by atoms with Crippen molar-refractivity contribution in [3.8, 4) is 0 Å². The van der Waals surface area contributed by atoms with E-state index in [0.29, 0.717) is 6.54 Å². The van der Waals surface area contributed by atoms with Crippen molar-refractivity contribution in [1.82, 2.24) is 4.31 Å². The molecule has 90 valence electrons. The molecule has 0 rings (SSSR count). The molecule has 0 fully saturated rings. The van der Waals surface area contributed by atoms with Crippen LogP contribution >= 0.6 is 12.2 Å². The van der Waals surface area contributed by atoms with Gasteiger partial charge in [0.2, 0.25) is 10.0 Å². The third-order valence-electron chi connectivity index (χ3n) is 1.69. The molecule has 0 aliphatic rings. The predicted molar refractivity (Wildman–Crippen MR) is 67.3 cm³/mol. The largest absolute Gasteiger partial charge is 0.392 e. The van der Waals surface area contributed by atoms with E-state index in [4.69, 9.17) is 18.0 Å². The van der Waals surface area contributed by atoms with Crippen LogP contribution in [-0.2, 0) is 10.0 Å². The summed E-state index contributed by atoms with van der Waals surface area (Å²) in [5.41, 5.74) is 5.09. The van der Waals surface area contributed by atoms with Crippen LogP contribution in [0.15, 0.2) is 0 Å². The number of hydrogen-bond donors (Lipinski definition) is 1. The molecule has 0 aromatic rings. The maximum atomic E-state index is 11.9. The van der Waals surface area contributed by atoms with Gasteiger partial charge >= 0.3 is 0 Å². The van der Waals surface area contributed by atoms with Crippen LogP contribution in [0.1, 0.15) is 27.7 Å². The topological polar surface area (TPSA) is 63.4 Å². The van der Waals surface area contributed by atoms with E-state index >= 15 is 0 Å². The summed E-state index contributed by atoms with van der Waals surface area (Å²) in [5.74, 6) is 0.108. The van der Waals surface area contributed by atoms with Gasteiger partial charge in [-0.2, -0.15) is 4.31 Å². The molecule has 0 heterocycles. The summed E-state index contributed by atoms with van der Waals surface area (Å²) < 4.78 is 25.2. The maximum Gasteiger partial charge on any atom is 0.214 e. The fraction of sp³-hybridized carbons (Fsp3) is 0.889. The Morgan fingerprint density at radius 1 is 1.40 bits per heavy atom. The van der Waals surface area contributed by atoms with Gasteiger partial charge in [0, 0.05) is 6.54 Å². The standard InChI is InChI=1S/C9H20N2O2S2/c1-5-11(6-8(10)14)15(12,13)7-9(2,3)4/h5-7H2,1-4H3,(H2,10,14). The van der Waals surface area contributed by atoms with Crippen molar-refractivity contribution in [2.75, 3.05) is 18.8 Å². The van der Waals surface area contributed by atoms with E-state index in [-0.39, 0.29) is 22.7 Å². The third-order valence-corrected chi connectivity index (χ3v) is 4.23. The van der Waals surface area contributed by atoms with Crippen LogP contribution in [0.4, 0.5) is 0 Å². The molecule has 0 amide bonds. The Bertz CT molecular complexity index is 317. The first-order chi connectivity index (χ1) is 6.58. The van der Waals surface area contributed by atoms with Gasteiger partial charge in [-0.1, -0.05) is 39.9 Å². The normalized spacial score (nSPS) is 13.1. The van der Waals surface area contributed by atoms with Crippen LogP contribution in [-0.4, -0.2) is 36.6 Å². The van der Waals surface area contributed by atoms with Crippen molar-refractivity contribution in [2.24, 2.45) is 11.1 Å². The van der Waals surface area contributed by atoms with E-state index in [0.717, 1.165) is 0 Å². The van der Waals surface area contributed by atoms with E-state index in [1.165, 1.54) is 4.31 Å². The molecule has 0 bridgehead atoms. The zero-order valence-electron chi connectivity index (χ0n) is 9.78. The smallest absolute Gasteiger partial charge is 0.214 e. The molecule has 0 spiro atoms. The maximum absolute atomic E-state index is 11.9. The van der Waals surface area contributed by atoms with Crippen LogP contribution in [0.5, 0.6) is 0 Å². The lowest BCUT2D eigenvalue weighted by Crippen LogP contribution is -2.41. The number of rotatable bonds is 5. The van der Waals surface area contributed by atoms with Crippen LogP contribution in [0.25, 0.3) is 0 Å². The average Bonchev–Trinajstić information content (AvgIpc) is 1.94. The number of sulfonamides is 1. The predicted octanol–water partition coefficient (Wildman–Crippen LogP) is 0.970. The summed E-state index contributed by atoms with van der Waals surface area (Å²) in [6.07, 6.45) is 0. The second-order valence-corrected chi connectivity index (χ2v) is 7.20. The molecule has 0 saturated carbocycles. The SMILES string of the molecule is CCN(CC(N)=S)S(=O)(=O)CC(C)(C)C. The van der Waals surface area contributed by atoms with Crippen LogP contribution in [0.3, 0.4) is 0 Å². The number of thiocarbonyl (C=S) groups is 1. The second kappa shape index (κ2) is 5.23. The highest BCUT2D eigenvalue weighted by Gasteiger charge is 2.27. The van der Waals surface area contributed by atoms with Gasteiger partial charge < -0.3 is 5.73 Å². The van der Waals surface area contributed by atoms with E-state index < -0.39 is 10.0 Å². The van der Waals surface area contributed by atoms with Gasteiger partial charge in [0.1, 0.15) is 0 Å². The van der Waals surface area contributed by atoms with E-state index in [2.05, 4.69) is 0 Å². The average molecular weight is 252 g/mol. The number of likely N-dealkylation sites (N-methyl/N-ethyl adjacent to an activating group) is 1. The molecule has 2 N–H and O–H groups in total. The Morgan fingerprint density at radius 2 is 1.87 bits per heavy atom. The first-order valence-electron chi connectivity index (χ1n) is 4.84. The molecule has 0 aliphatic heterocycles. The van der Waals surface area contributed by atoms with Gasteiger partial charge in [-0.15, -0.1) is 0 Å². The summed E-state index contributed by atoms with van der Waals surface area (Å²) in [7, 11) is -3.26. The first-order valence-corrected chi connectivity index (χ1v) is 6.86. The lowest BCUT2D eigenvalue weighted by Gasteiger charge is -2.25. The zero-order chi connectivity index (χ0) is 12.3. The second-order valence-electron chi connectivity index (χ2n) is 4.71. The van der Waals surface area contributed by atoms with Crippen LogP contribution in [0, 0.1) is 5.41 Å². The molecule has 15 heavy (non-hydrogen) atoms. The summed E-state index contributed by atoms with van der Waals surface area (Å²) in [4.78, 5) is 0.203. The minimum absolute atomic E-state index is 0.108. The molecule has 6 heteroatoms. The fourth-order valence-corrected chi connectivity index (χ4v) is 3.46. The molecular weight excluding hydrogens is 232 g/mol. The van der Waals surface area contributed by atoms with Crippen LogP contribution < -0.4 is 5.73 Å². The Hall–Kier alpha value is -0.200. The molecule has 0 atom stereocenters. The quantitative estimate of drug-likeness (QED) is 0.741. The Balaban J connectivity index is 4.75. The van der Waals surface area contributed by atoms with Gasteiger partial charge in [0.25, 0.3) is 0 Å². The Kier molecular flexibility index (Phi) is 5.16. The van der Waals surface area contributed by atoms with E-state index in [1.807, 2.05) is 20.8 Å². The van der Waals surface area contributed by atoms with E-state index in [1.54, 1.807) is 6.92 Å². The molecule has 0 unspecified atom stereocenters. The summed E-state index contributed by atoms with van der Waals surface area (Å²) in [6, 6.07) is 0. The summed E-state index contributed by atoms with van der Waals surface area (Å²) >= 11 is 4.72. The molecule has 0 aliphatic carbocycles. The summed E-state index contributed by atoms with van der Waals surface area (Å²) in [5, 5.41) is 0. The molecule has 0 aromatic heterocycles. The highest BCUT2D eigenvalue weighted by Crippen LogP contribution is 2.18. The minimum atomic E-state index is -3.26. The third kappa shape index (κ3) is 6.06. The molecule has 0 aromatic carbocycles.